The Morgan fingerprint density at radius 1 is 1.04 bits per heavy atom. The highest BCUT2D eigenvalue weighted by Crippen LogP contribution is 2.29. The number of methoxy groups -OCH3 is 1. The largest absolute Gasteiger partial charge is 0.467 e. The van der Waals surface area contributed by atoms with Crippen molar-refractivity contribution in [1.29, 1.82) is 0 Å². The molecule has 0 aliphatic rings. The van der Waals surface area contributed by atoms with Crippen molar-refractivity contribution in [2.75, 3.05) is 7.11 Å². The van der Waals surface area contributed by atoms with Gasteiger partial charge in [0.25, 0.3) is 0 Å². The number of alkyl halides is 3. The van der Waals surface area contributed by atoms with E-state index in [0.29, 0.717) is 0 Å². The molecule has 1 N–H and O–H groups in total. The average Bonchev–Trinajstić information content (AvgIpc) is 2.63. The first-order valence-corrected chi connectivity index (χ1v) is 8.07. The van der Waals surface area contributed by atoms with Crippen LogP contribution in [0.4, 0.5) is 22.0 Å². The SMILES string of the molecule is COC(=O)[C@H](Cc1cccc(C(F)(F)F)c1)NC(=O)Cc1ccc(F)c(F)c1. The second kappa shape index (κ2) is 8.81. The van der Waals surface area contributed by atoms with Crippen LogP contribution in [0.3, 0.4) is 0 Å². The molecule has 0 spiro atoms. The molecule has 0 bridgehead atoms. The Bertz CT molecular complexity index is 867. The maximum absolute atomic E-state index is 13.2. The van der Waals surface area contributed by atoms with E-state index in [4.69, 9.17) is 0 Å². The summed E-state index contributed by atoms with van der Waals surface area (Å²) in [6.07, 6.45) is -5.14. The first-order chi connectivity index (χ1) is 13.1. The summed E-state index contributed by atoms with van der Waals surface area (Å²) in [4.78, 5) is 24.1. The average molecular weight is 401 g/mol. The molecule has 28 heavy (non-hydrogen) atoms. The van der Waals surface area contributed by atoms with Crippen molar-refractivity contribution >= 4 is 11.9 Å². The quantitative estimate of drug-likeness (QED) is 0.596. The molecule has 0 heterocycles. The van der Waals surface area contributed by atoms with Gasteiger partial charge in [0.15, 0.2) is 11.6 Å². The number of benzene rings is 2. The van der Waals surface area contributed by atoms with Crippen molar-refractivity contribution in [1.82, 2.24) is 5.32 Å². The van der Waals surface area contributed by atoms with Gasteiger partial charge in [-0.2, -0.15) is 13.2 Å². The van der Waals surface area contributed by atoms with Crippen LogP contribution in [0, 0.1) is 11.6 Å². The summed E-state index contributed by atoms with van der Waals surface area (Å²) in [5.74, 6) is -3.75. The summed E-state index contributed by atoms with van der Waals surface area (Å²) < 4.78 is 69.2. The number of hydrogen-bond donors (Lipinski definition) is 1. The molecule has 150 valence electrons. The third-order valence-electron chi connectivity index (χ3n) is 3.86. The molecule has 0 fully saturated rings. The molecule has 2 aromatic rings. The monoisotopic (exact) mass is 401 g/mol. The van der Waals surface area contributed by atoms with Gasteiger partial charge in [0, 0.05) is 6.42 Å². The third kappa shape index (κ3) is 5.77. The third-order valence-corrected chi connectivity index (χ3v) is 3.86. The topological polar surface area (TPSA) is 55.4 Å². The molecule has 0 saturated heterocycles. The van der Waals surface area contributed by atoms with Gasteiger partial charge >= 0.3 is 12.1 Å². The number of halogens is 5. The number of esters is 1. The van der Waals surface area contributed by atoms with Crippen LogP contribution in [-0.2, 0) is 33.3 Å². The minimum atomic E-state index is -4.55. The lowest BCUT2D eigenvalue weighted by Crippen LogP contribution is -2.43. The summed E-state index contributed by atoms with van der Waals surface area (Å²) in [5.41, 5.74) is -0.556. The van der Waals surface area contributed by atoms with Crippen LogP contribution in [0.25, 0.3) is 0 Å². The van der Waals surface area contributed by atoms with Crippen LogP contribution < -0.4 is 5.32 Å². The zero-order valence-electron chi connectivity index (χ0n) is 14.6. The van der Waals surface area contributed by atoms with Crippen molar-refractivity contribution in [3.8, 4) is 0 Å². The highest BCUT2D eigenvalue weighted by Gasteiger charge is 2.31. The Hall–Kier alpha value is -2.97. The number of amides is 1. The smallest absolute Gasteiger partial charge is 0.416 e. The predicted octanol–water partition coefficient (Wildman–Crippen LogP) is 3.43. The number of carbonyl (C=O) groups excluding carboxylic acids is 2. The molecule has 1 atom stereocenters. The molecule has 9 heteroatoms. The number of ether oxygens (including phenoxy) is 1. The minimum absolute atomic E-state index is 0.165. The maximum atomic E-state index is 13.2. The summed E-state index contributed by atoms with van der Waals surface area (Å²) in [7, 11) is 1.07. The van der Waals surface area contributed by atoms with E-state index in [0.717, 1.165) is 31.4 Å². The Morgan fingerprint density at radius 3 is 2.36 bits per heavy atom. The van der Waals surface area contributed by atoms with E-state index in [1.54, 1.807) is 0 Å². The standard InChI is InChI=1S/C19H16F5NO3/c1-28-18(27)16(9-11-3-2-4-13(7-11)19(22,23)24)25-17(26)10-12-5-6-14(20)15(21)8-12/h2-8,16H,9-10H2,1H3,(H,25,26)/t16-/m0/s1. The molecule has 0 aromatic heterocycles. The van der Waals surface area contributed by atoms with E-state index >= 15 is 0 Å². The van der Waals surface area contributed by atoms with Gasteiger partial charge in [0.05, 0.1) is 19.1 Å². The van der Waals surface area contributed by atoms with Crippen molar-refractivity contribution in [3.05, 3.63) is 70.8 Å². The van der Waals surface area contributed by atoms with Crippen LogP contribution in [0.2, 0.25) is 0 Å². The van der Waals surface area contributed by atoms with Gasteiger partial charge < -0.3 is 10.1 Å². The number of nitrogens with one attached hydrogen (secondary N) is 1. The van der Waals surface area contributed by atoms with Gasteiger partial charge in [-0.1, -0.05) is 24.3 Å². The van der Waals surface area contributed by atoms with Gasteiger partial charge in [-0.25, -0.2) is 13.6 Å². The Kier molecular flexibility index (Phi) is 6.71. The Labute approximate surface area is 157 Å². The van der Waals surface area contributed by atoms with E-state index in [1.165, 1.54) is 18.2 Å². The zero-order chi connectivity index (χ0) is 20.9. The molecule has 0 saturated carbocycles. The van der Waals surface area contributed by atoms with Gasteiger partial charge in [0.1, 0.15) is 6.04 Å². The fourth-order valence-electron chi connectivity index (χ4n) is 2.53. The minimum Gasteiger partial charge on any atom is -0.467 e. The highest BCUT2D eigenvalue weighted by atomic mass is 19.4. The fraction of sp³-hybridized carbons (Fsp3) is 0.263. The van der Waals surface area contributed by atoms with Crippen LogP contribution in [0.1, 0.15) is 16.7 Å². The fourth-order valence-corrected chi connectivity index (χ4v) is 2.53. The Morgan fingerprint density at radius 2 is 1.75 bits per heavy atom. The first kappa shape index (κ1) is 21.3. The van der Waals surface area contributed by atoms with Crippen LogP contribution in [0.15, 0.2) is 42.5 Å². The van der Waals surface area contributed by atoms with E-state index in [2.05, 4.69) is 10.1 Å². The molecule has 2 rings (SSSR count). The lowest BCUT2D eigenvalue weighted by atomic mass is 10.0. The molecular weight excluding hydrogens is 385 g/mol. The van der Waals surface area contributed by atoms with E-state index < -0.39 is 41.3 Å². The second-order valence-electron chi connectivity index (χ2n) is 5.97. The zero-order valence-corrected chi connectivity index (χ0v) is 14.6. The lowest BCUT2D eigenvalue weighted by Gasteiger charge is -2.17. The summed E-state index contributed by atoms with van der Waals surface area (Å²) in [6.45, 7) is 0. The van der Waals surface area contributed by atoms with Gasteiger partial charge in [-0.05, 0) is 29.3 Å². The lowest BCUT2D eigenvalue weighted by molar-refractivity contribution is -0.145. The van der Waals surface area contributed by atoms with Crippen molar-refractivity contribution in [3.63, 3.8) is 0 Å². The van der Waals surface area contributed by atoms with Crippen LogP contribution in [-0.4, -0.2) is 25.0 Å². The van der Waals surface area contributed by atoms with Crippen LogP contribution in [0.5, 0.6) is 0 Å². The normalized spacial score (nSPS) is 12.4. The van der Waals surface area contributed by atoms with E-state index in [-0.39, 0.29) is 24.0 Å². The summed E-state index contributed by atoms with van der Waals surface area (Å²) in [5, 5.41) is 2.35. The Balaban J connectivity index is 2.12. The van der Waals surface area contributed by atoms with Crippen molar-refractivity contribution < 1.29 is 36.3 Å². The van der Waals surface area contributed by atoms with Crippen molar-refractivity contribution in [2.24, 2.45) is 0 Å². The number of rotatable bonds is 6. The van der Waals surface area contributed by atoms with Gasteiger partial charge in [-0.15, -0.1) is 0 Å². The predicted molar refractivity (Wildman–Crippen MR) is 89.2 cm³/mol. The summed E-state index contributed by atoms with van der Waals surface area (Å²) in [6, 6.07) is 6.00. The molecule has 0 unspecified atom stereocenters. The number of hydrogen-bond acceptors (Lipinski definition) is 3. The molecule has 0 radical (unpaired) electrons. The summed E-state index contributed by atoms with van der Waals surface area (Å²) >= 11 is 0. The molecule has 1 amide bonds. The van der Waals surface area contributed by atoms with Gasteiger partial charge in [-0.3, -0.25) is 4.79 Å². The highest BCUT2D eigenvalue weighted by molar-refractivity contribution is 5.85. The molecule has 2 aromatic carbocycles. The molecule has 4 nitrogen and oxygen atoms in total. The van der Waals surface area contributed by atoms with E-state index in [9.17, 15) is 31.5 Å². The molecule has 0 aliphatic heterocycles. The molecular formula is C19H16F5NO3. The van der Waals surface area contributed by atoms with Crippen LogP contribution >= 0.6 is 0 Å². The maximum Gasteiger partial charge on any atom is 0.416 e. The number of carbonyl (C=O) groups is 2. The molecule has 0 aliphatic carbocycles. The van der Waals surface area contributed by atoms with Crippen molar-refractivity contribution in [2.45, 2.75) is 25.1 Å². The van der Waals surface area contributed by atoms with E-state index in [1.807, 2.05) is 0 Å². The van der Waals surface area contributed by atoms with Gasteiger partial charge in [0.2, 0.25) is 5.91 Å². The second-order valence-corrected chi connectivity index (χ2v) is 5.97. The first-order valence-electron chi connectivity index (χ1n) is 8.07.